The first kappa shape index (κ1) is 14.9. The van der Waals surface area contributed by atoms with E-state index in [2.05, 4.69) is 104 Å². The number of hydrogen-bond acceptors (Lipinski definition) is 0. The third-order valence-electron chi connectivity index (χ3n) is 4.54. The SMILES string of the molecule is Cc1ccccc1[Si](c1ccccc1)c1cccc2ccccc12. The zero-order valence-corrected chi connectivity index (χ0v) is 14.7. The van der Waals surface area contributed by atoms with Gasteiger partial charge in [0.05, 0.1) is 0 Å². The zero-order chi connectivity index (χ0) is 16.4. The van der Waals surface area contributed by atoms with Crippen molar-refractivity contribution in [1.82, 2.24) is 0 Å². The molecule has 24 heavy (non-hydrogen) atoms. The zero-order valence-electron chi connectivity index (χ0n) is 13.7. The largest absolute Gasteiger partial charge is 0.155 e. The highest BCUT2D eigenvalue weighted by Crippen LogP contribution is 2.12. The van der Waals surface area contributed by atoms with Crippen molar-refractivity contribution in [2.45, 2.75) is 6.92 Å². The summed E-state index contributed by atoms with van der Waals surface area (Å²) >= 11 is 0. The Morgan fingerprint density at radius 1 is 0.542 bits per heavy atom. The van der Waals surface area contributed by atoms with Crippen molar-refractivity contribution in [2.75, 3.05) is 0 Å². The van der Waals surface area contributed by atoms with E-state index in [1.165, 1.54) is 31.9 Å². The Morgan fingerprint density at radius 2 is 1.17 bits per heavy atom. The molecule has 0 nitrogen and oxygen atoms in total. The first-order valence-corrected chi connectivity index (χ1v) is 9.81. The molecule has 0 saturated heterocycles. The summed E-state index contributed by atoms with van der Waals surface area (Å²) in [5.74, 6) is 0. The standard InChI is InChI=1S/C23H19Si/c1-18-10-5-8-16-22(18)24(20-13-3-2-4-14-20)23-17-9-12-19-11-6-7-15-21(19)23/h2-17H,1H3. The van der Waals surface area contributed by atoms with E-state index in [9.17, 15) is 0 Å². The molecule has 0 aliphatic heterocycles. The highest BCUT2D eigenvalue weighted by Gasteiger charge is 2.22. The van der Waals surface area contributed by atoms with Gasteiger partial charge in [-0.3, -0.25) is 0 Å². The van der Waals surface area contributed by atoms with Crippen molar-refractivity contribution in [3.8, 4) is 0 Å². The molecule has 0 amide bonds. The smallest absolute Gasteiger partial charge is 0.0624 e. The Labute approximate surface area is 145 Å². The van der Waals surface area contributed by atoms with Gasteiger partial charge in [0.1, 0.15) is 0 Å². The first-order chi connectivity index (χ1) is 11.8. The number of rotatable bonds is 3. The topological polar surface area (TPSA) is 0 Å². The van der Waals surface area contributed by atoms with Crippen molar-refractivity contribution in [3.05, 3.63) is 103 Å². The normalized spacial score (nSPS) is 11.1. The molecule has 0 heterocycles. The number of aryl methyl sites for hydroxylation is 1. The van der Waals surface area contributed by atoms with Crippen LogP contribution < -0.4 is 15.6 Å². The molecule has 0 N–H and O–H groups in total. The summed E-state index contributed by atoms with van der Waals surface area (Å²) in [6, 6.07) is 35.3. The van der Waals surface area contributed by atoms with Crippen molar-refractivity contribution < 1.29 is 0 Å². The second-order valence-corrected chi connectivity index (χ2v) is 8.49. The molecule has 0 aliphatic carbocycles. The van der Waals surface area contributed by atoms with Crippen LogP contribution in [-0.4, -0.2) is 8.80 Å². The minimum atomic E-state index is -1.03. The molecule has 0 bridgehead atoms. The molecule has 1 heteroatoms. The van der Waals surface area contributed by atoms with Crippen LogP contribution >= 0.6 is 0 Å². The van der Waals surface area contributed by atoms with Crippen LogP contribution in [0, 0.1) is 6.92 Å². The van der Waals surface area contributed by atoms with Crippen LogP contribution in [-0.2, 0) is 0 Å². The Morgan fingerprint density at radius 3 is 2.00 bits per heavy atom. The summed E-state index contributed by atoms with van der Waals surface area (Å²) in [6.45, 7) is 2.23. The van der Waals surface area contributed by atoms with E-state index in [1.807, 2.05) is 0 Å². The molecular formula is C23H19Si. The molecule has 0 saturated carbocycles. The van der Waals surface area contributed by atoms with Crippen LogP contribution in [0.5, 0.6) is 0 Å². The molecule has 0 spiro atoms. The lowest BCUT2D eigenvalue weighted by Gasteiger charge is -2.20. The van der Waals surface area contributed by atoms with Crippen LogP contribution in [0.2, 0.25) is 0 Å². The van der Waals surface area contributed by atoms with Gasteiger partial charge in [-0.2, -0.15) is 0 Å². The monoisotopic (exact) mass is 323 g/mol. The maximum atomic E-state index is 2.32. The molecule has 4 rings (SSSR count). The van der Waals surface area contributed by atoms with Gasteiger partial charge in [0.2, 0.25) is 0 Å². The molecule has 4 aromatic rings. The molecule has 115 valence electrons. The second-order valence-electron chi connectivity index (χ2n) is 6.08. The molecule has 0 atom stereocenters. The van der Waals surface area contributed by atoms with E-state index in [0.29, 0.717) is 0 Å². The number of hydrogen-bond donors (Lipinski definition) is 0. The Balaban J connectivity index is 2.01. The van der Waals surface area contributed by atoms with Crippen molar-refractivity contribution >= 4 is 35.1 Å². The quantitative estimate of drug-likeness (QED) is 0.399. The van der Waals surface area contributed by atoms with Gasteiger partial charge < -0.3 is 0 Å². The van der Waals surface area contributed by atoms with Gasteiger partial charge in [0, 0.05) is 0 Å². The maximum absolute atomic E-state index is 2.32. The molecule has 0 fully saturated rings. The van der Waals surface area contributed by atoms with E-state index in [-0.39, 0.29) is 0 Å². The lowest BCUT2D eigenvalue weighted by atomic mass is 10.1. The summed E-state index contributed by atoms with van der Waals surface area (Å²) in [4.78, 5) is 0. The molecule has 0 aromatic heterocycles. The van der Waals surface area contributed by atoms with Crippen molar-refractivity contribution in [2.24, 2.45) is 0 Å². The Hall–Kier alpha value is -2.64. The average Bonchev–Trinajstić information content (AvgIpc) is 2.65. The van der Waals surface area contributed by atoms with Gasteiger partial charge in [-0.15, -0.1) is 0 Å². The van der Waals surface area contributed by atoms with Gasteiger partial charge in [0.25, 0.3) is 0 Å². The summed E-state index contributed by atoms with van der Waals surface area (Å²) in [7, 11) is -1.03. The molecule has 1 radical (unpaired) electrons. The van der Waals surface area contributed by atoms with Crippen LogP contribution in [0.3, 0.4) is 0 Å². The van der Waals surface area contributed by atoms with Gasteiger partial charge in [0.15, 0.2) is 8.80 Å². The third-order valence-corrected chi connectivity index (χ3v) is 7.52. The van der Waals surface area contributed by atoms with Crippen LogP contribution in [0.15, 0.2) is 97.1 Å². The van der Waals surface area contributed by atoms with Crippen molar-refractivity contribution in [1.29, 1.82) is 0 Å². The van der Waals surface area contributed by atoms with Crippen LogP contribution in [0.25, 0.3) is 10.8 Å². The third kappa shape index (κ3) is 2.68. The van der Waals surface area contributed by atoms with Crippen LogP contribution in [0.1, 0.15) is 5.56 Å². The molecular weight excluding hydrogens is 304 g/mol. The summed E-state index contributed by atoms with van der Waals surface area (Å²) in [5.41, 5.74) is 1.38. The predicted octanol–water partition coefficient (Wildman–Crippen LogP) is 3.66. The van der Waals surface area contributed by atoms with Gasteiger partial charge in [-0.05, 0) is 28.1 Å². The molecule has 0 aliphatic rings. The molecule has 4 aromatic carbocycles. The average molecular weight is 323 g/mol. The van der Waals surface area contributed by atoms with Gasteiger partial charge >= 0.3 is 0 Å². The summed E-state index contributed by atoms with van der Waals surface area (Å²) in [6.07, 6.45) is 0. The Kier molecular flexibility index (Phi) is 4.02. The van der Waals surface area contributed by atoms with E-state index < -0.39 is 8.80 Å². The highest BCUT2D eigenvalue weighted by molar-refractivity contribution is 6.97. The molecule has 0 unspecified atom stereocenters. The summed E-state index contributed by atoms with van der Waals surface area (Å²) in [5, 5.41) is 7.08. The van der Waals surface area contributed by atoms with Gasteiger partial charge in [-0.25, -0.2) is 0 Å². The fourth-order valence-corrected chi connectivity index (χ4v) is 6.30. The number of fused-ring (bicyclic) bond motifs is 1. The fourth-order valence-electron chi connectivity index (χ4n) is 3.36. The van der Waals surface area contributed by atoms with E-state index in [0.717, 1.165) is 0 Å². The van der Waals surface area contributed by atoms with Crippen molar-refractivity contribution in [3.63, 3.8) is 0 Å². The van der Waals surface area contributed by atoms with E-state index in [1.54, 1.807) is 0 Å². The number of benzene rings is 4. The second kappa shape index (κ2) is 6.46. The van der Waals surface area contributed by atoms with E-state index >= 15 is 0 Å². The van der Waals surface area contributed by atoms with Crippen LogP contribution in [0.4, 0.5) is 0 Å². The highest BCUT2D eigenvalue weighted by atomic mass is 28.3. The Bertz CT molecular complexity index is 968. The lowest BCUT2D eigenvalue weighted by Crippen LogP contribution is -2.53. The minimum Gasteiger partial charge on any atom is -0.0624 e. The lowest BCUT2D eigenvalue weighted by molar-refractivity contribution is 1.51. The maximum Gasteiger partial charge on any atom is 0.155 e. The predicted molar refractivity (Wildman–Crippen MR) is 106 cm³/mol. The first-order valence-electron chi connectivity index (χ1n) is 8.31. The minimum absolute atomic E-state index is 1.03. The van der Waals surface area contributed by atoms with Gasteiger partial charge in [-0.1, -0.05) is 108 Å². The summed E-state index contributed by atoms with van der Waals surface area (Å²) < 4.78 is 0. The fraction of sp³-hybridized carbons (Fsp3) is 0.0435. The van der Waals surface area contributed by atoms with E-state index in [4.69, 9.17) is 0 Å².